The minimum absolute atomic E-state index is 0.340. The fourth-order valence-corrected chi connectivity index (χ4v) is 3.85. The summed E-state index contributed by atoms with van der Waals surface area (Å²) >= 11 is 0. The molecule has 0 spiro atoms. The van der Waals surface area contributed by atoms with Gasteiger partial charge in [0, 0.05) is 58.4 Å². The monoisotopic (exact) mass is 350 g/mol. The van der Waals surface area contributed by atoms with Crippen LogP contribution in [0.25, 0.3) is 0 Å². The number of likely N-dealkylation sites (N-methyl/N-ethyl adjacent to an activating group) is 1. The summed E-state index contributed by atoms with van der Waals surface area (Å²) in [5.41, 5.74) is 0. The maximum absolute atomic E-state index is 11.7. The van der Waals surface area contributed by atoms with Gasteiger partial charge in [-0.05, 0) is 26.2 Å². The van der Waals surface area contributed by atoms with Gasteiger partial charge in [0.05, 0.1) is 18.7 Å². The Hall–Kier alpha value is -1.41. The maximum atomic E-state index is 11.7. The molecule has 0 radical (unpaired) electrons. The molecule has 0 aliphatic carbocycles. The van der Waals surface area contributed by atoms with Gasteiger partial charge < -0.3 is 14.4 Å². The third-order valence-corrected chi connectivity index (χ3v) is 5.26. The molecule has 25 heavy (non-hydrogen) atoms. The Morgan fingerprint density at radius 3 is 2.72 bits per heavy atom. The molecule has 2 fully saturated rings. The molecule has 1 N–H and O–H groups in total. The molecule has 2 saturated heterocycles. The zero-order valence-electron chi connectivity index (χ0n) is 15.3. The van der Waals surface area contributed by atoms with E-state index in [9.17, 15) is 9.90 Å². The van der Waals surface area contributed by atoms with Crippen molar-refractivity contribution < 1.29 is 14.3 Å². The molecule has 3 heterocycles. The zero-order valence-corrected chi connectivity index (χ0v) is 15.3. The molecule has 2 aliphatic rings. The molecule has 2 aliphatic heterocycles. The standard InChI is InChI=1S/C18H30N4O3/c1-19(2)5-6-20-7-8-22-11-15(18(23)24)10-21(13-16(22)12-20)14-17-4-3-9-25-17/h3-4,9,15-16H,5-8,10-14H2,1-2H3,(H,23,24). The number of rotatable bonds is 6. The molecule has 1 aromatic rings. The van der Waals surface area contributed by atoms with E-state index in [1.165, 1.54) is 0 Å². The predicted octanol–water partition coefficient (Wildman–Crippen LogP) is 0.344. The van der Waals surface area contributed by atoms with Gasteiger partial charge in [-0.2, -0.15) is 0 Å². The lowest BCUT2D eigenvalue weighted by atomic mass is 10.1. The molecular formula is C18H30N4O3. The SMILES string of the molecule is CN(C)CCN1CCN2CC(C(=O)O)CN(Cc3ccco3)CC2C1. The zero-order chi connectivity index (χ0) is 17.8. The van der Waals surface area contributed by atoms with E-state index in [2.05, 4.69) is 33.7 Å². The first-order chi connectivity index (χ1) is 12.0. The van der Waals surface area contributed by atoms with Crippen LogP contribution in [0.1, 0.15) is 5.76 Å². The van der Waals surface area contributed by atoms with Crippen molar-refractivity contribution >= 4 is 5.97 Å². The van der Waals surface area contributed by atoms with Gasteiger partial charge in [0.2, 0.25) is 0 Å². The van der Waals surface area contributed by atoms with Gasteiger partial charge in [0.1, 0.15) is 5.76 Å². The third-order valence-electron chi connectivity index (χ3n) is 5.26. The summed E-state index contributed by atoms with van der Waals surface area (Å²) in [6, 6.07) is 4.23. The lowest BCUT2D eigenvalue weighted by molar-refractivity contribution is -0.142. The van der Waals surface area contributed by atoms with Crippen LogP contribution in [0.3, 0.4) is 0 Å². The molecule has 7 nitrogen and oxygen atoms in total. The minimum Gasteiger partial charge on any atom is -0.481 e. The molecule has 0 aromatic carbocycles. The van der Waals surface area contributed by atoms with Crippen molar-refractivity contribution in [2.45, 2.75) is 12.6 Å². The first-order valence-corrected chi connectivity index (χ1v) is 9.10. The van der Waals surface area contributed by atoms with Gasteiger partial charge in [0.15, 0.2) is 0 Å². The Morgan fingerprint density at radius 2 is 2.04 bits per heavy atom. The van der Waals surface area contributed by atoms with Crippen LogP contribution in [0.2, 0.25) is 0 Å². The van der Waals surface area contributed by atoms with E-state index in [0.29, 0.717) is 25.7 Å². The third kappa shape index (κ3) is 5.04. The summed E-state index contributed by atoms with van der Waals surface area (Å²) in [5.74, 6) is -0.133. The molecule has 0 bridgehead atoms. The predicted molar refractivity (Wildman–Crippen MR) is 95.5 cm³/mol. The summed E-state index contributed by atoms with van der Waals surface area (Å²) in [6.07, 6.45) is 1.68. The van der Waals surface area contributed by atoms with E-state index in [1.807, 2.05) is 12.1 Å². The maximum Gasteiger partial charge on any atom is 0.309 e. The van der Waals surface area contributed by atoms with Crippen molar-refractivity contribution in [1.29, 1.82) is 0 Å². The average molecular weight is 350 g/mol. The van der Waals surface area contributed by atoms with Crippen molar-refractivity contribution in [3.05, 3.63) is 24.2 Å². The summed E-state index contributed by atoms with van der Waals surface area (Å²) in [4.78, 5) is 21.0. The van der Waals surface area contributed by atoms with Crippen LogP contribution in [0.4, 0.5) is 0 Å². The van der Waals surface area contributed by atoms with Crippen LogP contribution in [0, 0.1) is 5.92 Å². The second-order valence-electron chi connectivity index (χ2n) is 7.56. The van der Waals surface area contributed by atoms with Gasteiger partial charge in [0.25, 0.3) is 0 Å². The highest BCUT2D eigenvalue weighted by atomic mass is 16.4. The van der Waals surface area contributed by atoms with Gasteiger partial charge in [-0.1, -0.05) is 0 Å². The van der Waals surface area contributed by atoms with Crippen molar-refractivity contribution in [1.82, 2.24) is 19.6 Å². The van der Waals surface area contributed by atoms with Gasteiger partial charge in [-0.15, -0.1) is 0 Å². The topological polar surface area (TPSA) is 63.4 Å². The highest BCUT2D eigenvalue weighted by Gasteiger charge is 2.36. The van der Waals surface area contributed by atoms with Crippen molar-refractivity contribution in [2.75, 3.05) is 66.5 Å². The van der Waals surface area contributed by atoms with E-state index >= 15 is 0 Å². The summed E-state index contributed by atoms with van der Waals surface area (Å²) in [7, 11) is 4.20. The Balaban J connectivity index is 1.66. The molecule has 0 amide bonds. The van der Waals surface area contributed by atoms with Crippen LogP contribution in [-0.2, 0) is 11.3 Å². The van der Waals surface area contributed by atoms with Gasteiger partial charge in [-0.25, -0.2) is 0 Å². The molecule has 0 saturated carbocycles. The van der Waals surface area contributed by atoms with Crippen LogP contribution < -0.4 is 0 Å². The van der Waals surface area contributed by atoms with Crippen LogP contribution in [0.15, 0.2) is 22.8 Å². The summed E-state index contributed by atoms with van der Waals surface area (Å²) < 4.78 is 5.48. The van der Waals surface area contributed by atoms with E-state index in [4.69, 9.17) is 4.42 Å². The highest BCUT2D eigenvalue weighted by Crippen LogP contribution is 2.20. The number of carboxylic acids is 1. The van der Waals surface area contributed by atoms with Crippen molar-refractivity contribution in [3.63, 3.8) is 0 Å². The number of piperazine rings is 1. The number of fused-ring (bicyclic) bond motifs is 1. The normalized spacial score (nSPS) is 26.5. The number of carboxylic acid groups (broad SMARTS) is 1. The average Bonchev–Trinajstić information content (AvgIpc) is 2.99. The second-order valence-corrected chi connectivity index (χ2v) is 7.56. The Kier molecular flexibility index (Phi) is 6.11. The van der Waals surface area contributed by atoms with E-state index in [-0.39, 0.29) is 5.92 Å². The number of nitrogens with zero attached hydrogens (tertiary/aromatic N) is 4. The Labute approximate surface area is 149 Å². The number of hydrogen-bond donors (Lipinski definition) is 1. The molecule has 1 aromatic heterocycles. The highest BCUT2D eigenvalue weighted by molar-refractivity contribution is 5.70. The number of hydrogen-bond acceptors (Lipinski definition) is 6. The Bertz CT molecular complexity index is 549. The van der Waals surface area contributed by atoms with E-state index in [0.717, 1.165) is 45.0 Å². The van der Waals surface area contributed by atoms with Crippen molar-refractivity contribution in [3.8, 4) is 0 Å². The molecule has 140 valence electrons. The van der Waals surface area contributed by atoms with E-state index in [1.54, 1.807) is 6.26 Å². The fraction of sp³-hybridized carbons (Fsp3) is 0.722. The quantitative estimate of drug-likeness (QED) is 0.794. The molecule has 2 unspecified atom stereocenters. The van der Waals surface area contributed by atoms with Crippen LogP contribution in [0.5, 0.6) is 0 Å². The van der Waals surface area contributed by atoms with Crippen LogP contribution in [-0.4, -0.2) is 103 Å². The second kappa shape index (κ2) is 8.31. The Morgan fingerprint density at radius 1 is 1.24 bits per heavy atom. The number of carbonyl (C=O) groups is 1. The van der Waals surface area contributed by atoms with Gasteiger partial charge >= 0.3 is 5.97 Å². The summed E-state index contributed by atoms with van der Waals surface area (Å²) in [5, 5.41) is 9.60. The van der Waals surface area contributed by atoms with Gasteiger partial charge in [-0.3, -0.25) is 19.5 Å². The number of furan rings is 1. The first kappa shape index (κ1) is 18.4. The summed E-state index contributed by atoms with van der Waals surface area (Å²) in [6.45, 7) is 7.91. The molecular weight excluding hydrogens is 320 g/mol. The molecule has 2 atom stereocenters. The van der Waals surface area contributed by atoms with Crippen molar-refractivity contribution in [2.24, 2.45) is 5.92 Å². The lowest BCUT2D eigenvalue weighted by Crippen LogP contribution is -2.56. The van der Waals surface area contributed by atoms with Crippen LogP contribution >= 0.6 is 0 Å². The molecule has 3 rings (SSSR count). The number of aliphatic carboxylic acids is 1. The smallest absolute Gasteiger partial charge is 0.309 e. The first-order valence-electron chi connectivity index (χ1n) is 9.10. The molecule has 7 heteroatoms. The minimum atomic E-state index is -0.694. The largest absolute Gasteiger partial charge is 0.481 e. The van der Waals surface area contributed by atoms with E-state index < -0.39 is 5.97 Å². The lowest BCUT2D eigenvalue weighted by Gasteiger charge is -2.41. The fourth-order valence-electron chi connectivity index (χ4n) is 3.85.